The van der Waals surface area contributed by atoms with Gasteiger partial charge in [-0.25, -0.2) is 0 Å². The fourth-order valence-electron chi connectivity index (χ4n) is 1.91. The summed E-state index contributed by atoms with van der Waals surface area (Å²) in [6.07, 6.45) is 5.78. The van der Waals surface area contributed by atoms with Gasteiger partial charge in [0.05, 0.1) is 18.4 Å². The molecule has 0 aliphatic carbocycles. The summed E-state index contributed by atoms with van der Waals surface area (Å²) in [6.45, 7) is 3.95. The van der Waals surface area contributed by atoms with Gasteiger partial charge < -0.3 is 14.5 Å². The predicted molar refractivity (Wildman–Crippen MR) is 58.7 cm³/mol. The van der Waals surface area contributed by atoms with Crippen molar-refractivity contribution in [3.63, 3.8) is 0 Å². The quantitative estimate of drug-likeness (QED) is 0.827. The monoisotopic (exact) mass is 209 g/mol. The molecule has 15 heavy (non-hydrogen) atoms. The van der Waals surface area contributed by atoms with Crippen LogP contribution in [0.2, 0.25) is 0 Å². The fraction of sp³-hybridized carbons (Fsp3) is 0.667. The highest BCUT2D eigenvalue weighted by Crippen LogP contribution is 2.15. The fourth-order valence-corrected chi connectivity index (χ4v) is 1.91. The first-order chi connectivity index (χ1) is 7.36. The van der Waals surface area contributed by atoms with E-state index in [0.717, 1.165) is 18.9 Å². The lowest BCUT2D eigenvalue weighted by atomic mass is 10.1. The van der Waals surface area contributed by atoms with E-state index in [0.29, 0.717) is 6.10 Å². The number of ether oxygens (including phenoxy) is 1. The molecular formula is C12H19NO2. The summed E-state index contributed by atoms with van der Waals surface area (Å²) in [5.41, 5.74) is 0. The van der Waals surface area contributed by atoms with Crippen LogP contribution in [0.1, 0.15) is 38.0 Å². The molecule has 1 aliphatic heterocycles. The van der Waals surface area contributed by atoms with Crippen LogP contribution in [0.4, 0.5) is 0 Å². The van der Waals surface area contributed by atoms with Crippen molar-refractivity contribution >= 4 is 0 Å². The Hall–Kier alpha value is -0.800. The lowest BCUT2D eigenvalue weighted by Gasteiger charge is -2.24. The molecule has 0 spiro atoms. The second-order valence-corrected chi connectivity index (χ2v) is 4.13. The standard InChI is InChI=1S/C12H19NO2/c1-10(12-6-4-8-15-12)13-9-11-5-2-3-7-14-11/h4,6,8,10-11,13H,2-3,5,7,9H2,1H3. The van der Waals surface area contributed by atoms with Gasteiger partial charge in [0.15, 0.2) is 0 Å². The first-order valence-corrected chi connectivity index (χ1v) is 5.74. The zero-order valence-corrected chi connectivity index (χ0v) is 9.24. The van der Waals surface area contributed by atoms with Crippen LogP contribution in [0.3, 0.4) is 0 Å². The van der Waals surface area contributed by atoms with Crippen LogP contribution >= 0.6 is 0 Å². The molecule has 0 amide bonds. The van der Waals surface area contributed by atoms with E-state index < -0.39 is 0 Å². The maximum atomic E-state index is 5.65. The van der Waals surface area contributed by atoms with Crippen LogP contribution in [-0.2, 0) is 4.74 Å². The average Bonchev–Trinajstić information content (AvgIpc) is 2.81. The Labute approximate surface area is 90.8 Å². The van der Waals surface area contributed by atoms with E-state index in [9.17, 15) is 0 Å². The van der Waals surface area contributed by atoms with Gasteiger partial charge in [-0.05, 0) is 38.3 Å². The van der Waals surface area contributed by atoms with Crippen molar-refractivity contribution in [3.8, 4) is 0 Å². The summed E-state index contributed by atoms with van der Waals surface area (Å²) in [5.74, 6) is 0.991. The number of nitrogens with one attached hydrogen (secondary N) is 1. The summed E-state index contributed by atoms with van der Waals surface area (Å²) in [6, 6.07) is 4.19. The number of hydrogen-bond donors (Lipinski definition) is 1. The van der Waals surface area contributed by atoms with Crippen molar-refractivity contribution in [1.82, 2.24) is 5.32 Å². The van der Waals surface area contributed by atoms with E-state index in [4.69, 9.17) is 9.15 Å². The highest BCUT2D eigenvalue weighted by Gasteiger charge is 2.15. The zero-order chi connectivity index (χ0) is 10.5. The van der Waals surface area contributed by atoms with Gasteiger partial charge in [-0.15, -0.1) is 0 Å². The summed E-state index contributed by atoms with van der Waals surface area (Å²) in [4.78, 5) is 0. The maximum Gasteiger partial charge on any atom is 0.120 e. The van der Waals surface area contributed by atoms with Crippen molar-refractivity contribution in [2.45, 2.75) is 38.3 Å². The molecule has 3 nitrogen and oxygen atoms in total. The van der Waals surface area contributed by atoms with Gasteiger partial charge in [0, 0.05) is 13.2 Å². The second kappa shape index (κ2) is 5.33. The summed E-state index contributed by atoms with van der Waals surface area (Å²) in [5, 5.41) is 3.44. The van der Waals surface area contributed by atoms with Gasteiger partial charge in [-0.3, -0.25) is 0 Å². The molecule has 0 aromatic carbocycles. The molecule has 2 rings (SSSR count). The second-order valence-electron chi connectivity index (χ2n) is 4.13. The third-order valence-electron chi connectivity index (χ3n) is 2.90. The van der Waals surface area contributed by atoms with E-state index in [1.165, 1.54) is 19.3 Å². The molecule has 1 aromatic heterocycles. The van der Waals surface area contributed by atoms with Crippen LogP contribution < -0.4 is 5.32 Å². The average molecular weight is 209 g/mol. The minimum atomic E-state index is 0.269. The number of rotatable bonds is 4. The van der Waals surface area contributed by atoms with E-state index in [1.54, 1.807) is 6.26 Å². The van der Waals surface area contributed by atoms with Crippen molar-refractivity contribution < 1.29 is 9.15 Å². The molecule has 0 radical (unpaired) electrons. The maximum absolute atomic E-state index is 5.65. The Morgan fingerprint density at radius 3 is 3.13 bits per heavy atom. The molecule has 2 unspecified atom stereocenters. The van der Waals surface area contributed by atoms with Crippen LogP contribution in [0.5, 0.6) is 0 Å². The molecular weight excluding hydrogens is 190 g/mol. The lowest BCUT2D eigenvalue weighted by molar-refractivity contribution is 0.0153. The smallest absolute Gasteiger partial charge is 0.120 e. The van der Waals surface area contributed by atoms with Crippen molar-refractivity contribution in [3.05, 3.63) is 24.2 Å². The van der Waals surface area contributed by atoms with Crippen molar-refractivity contribution in [2.75, 3.05) is 13.2 Å². The van der Waals surface area contributed by atoms with Gasteiger partial charge in [-0.2, -0.15) is 0 Å². The Balaban J connectivity index is 1.73. The minimum Gasteiger partial charge on any atom is -0.468 e. The highest BCUT2D eigenvalue weighted by molar-refractivity contribution is 5.02. The molecule has 2 atom stereocenters. The minimum absolute atomic E-state index is 0.269. The highest BCUT2D eigenvalue weighted by atomic mass is 16.5. The van der Waals surface area contributed by atoms with E-state index >= 15 is 0 Å². The predicted octanol–water partition coefficient (Wildman–Crippen LogP) is 2.50. The number of furan rings is 1. The third-order valence-corrected chi connectivity index (χ3v) is 2.90. The van der Waals surface area contributed by atoms with Crippen molar-refractivity contribution in [2.24, 2.45) is 0 Å². The van der Waals surface area contributed by atoms with Gasteiger partial charge in [-0.1, -0.05) is 0 Å². The van der Waals surface area contributed by atoms with Crippen LogP contribution in [0, 0.1) is 0 Å². The third kappa shape index (κ3) is 3.08. The van der Waals surface area contributed by atoms with Gasteiger partial charge in [0.2, 0.25) is 0 Å². The molecule has 1 N–H and O–H groups in total. The molecule has 0 bridgehead atoms. The molecule has 84 valence electrons. The van der Waals surface area contributed by atoms with Crippen LogP contribution in [0.15, 0.2) is 22.8 Å². The Morgan fingerprint density at radius 1 is 1.53 bits per heavy atom. The van der Waals surface area contributed by atoms with E-state index in [2.05, 4.69) is 12.2 Å². The molecule has 2 heterocycles. The zero-order valence-electron chi connectivity index (χ0n) is 9.24. The molecule has 1 aromatic rings. The van der Waals surface area contributed by atoms with Crippen molar-refractivity contribution in [1.29, 1.82) is 0 Å². The molecule has 3 heteroatoms. The van der Waals surface area contributed by atoms with Crippen LogP contribution in [0.25, 0.3) is 0 Å². The Bertz CT molecular complexity index is 265. The SMILES string of the molecule is CC(NCC1CCCCO1)c1ccco1. The van der Waals surface area contributed by atoms with E-state index in [-0.39, 0.29) is 6.04 Å². The van der Waals surface area contributed by atoms with Gasteiger partial charge in [0.1, 0.15) is 5.76 Å². The number of hydrogen-bond acceptors (Lipinski definition) is 3. The van der Waals surface area contributed by atoms with E-state index in [1.807, 2.05) is 12.1 Å². The summed E-state index contributed by atoms with van der Waals surface area (Å²) < 4.78 is 11.0. The first-order valence-electron chi connectivity index (χ1n) is 5.74. The first kappa shape index (κ1) is 10.7. The summed E-state index contributed by atoms with van der Waals surface area (Å²) >= 11 is 0. The largest absolute Gasteiger partial charge is 0.468 e. The lowest BCUT2D eigenvalue weighted by Crippen LogP contribution is -2.33. The van der Waals surface area contributed by atoms with Crippen LogP contribution in [-0.4, -0.2) is 19.3 Å². The van der Waals surface area contributed by atoms with Gasteiger partial charge >= 0.3 is 0 Å². The summed E-state index contributed by atoms with van der Waals surface area (Å²) in [7, 11) is 0. The molecule has 1 aliphatic rings. The Kier molecular flexibility index (Phi) is 3.80. The normalized spacial score (nSPS) is 23.9. The van der Waals surface area contributed by atoms with Gasteiger partial charge in [0.25, 0.3) is 0 Å². The topological polar surface area (TPSA) is 34.4 Å². The molecule has 1 saturated heterocycles. The molecule has 1 fully saturated rings. The molecule has 0 saturated carbocycles. The Morgan fingerprint density at radius 2 is 2.47 bits per heavy atom.